The lowest BCUT2D eigenvalue weighted by molar-refractivity contribution is 0.0933. The van der Waals surface area contributed by atoms with Crippen LogP contribution in [0.5, 0.6) is 0 Å². The average molecular weight is 321 g/mol. The van der Waals surface area contributed by atoms with Crippen LogP contribution < -0.4 is 5.32 Å². The van der Waals surface area contributed by atoms with Crippen molar-refractivity contribution in [3.63, 3.8) is 0 Å². The Balaban J connectivity index is 2.10. The first-order chi connectivity index (χ1) is 10.7. The Labute approximate surface area is 133 Å². The Hall–Kier alpha value is -1.93. The lowest BCUT2D eigenvalue weighted by Gasteiger charge is -2.15. The minimum Gasteiger partial charge on any atom is -0.383 e. The molecule has 0 saturated heterocycles. The third-order valence-corrected chi connectivity index (χ3v) is 3.84. The van der Waals surface area contributed by atoms with E-state index in [0.29, 0.717) is 29.6 Å². The molecule has 2 heterocycles. The van der Waals surface area contributed by atoms with Gasteiger partial charge in [0.15, 0.2) is 5.82 Å². The summed E-state index contributed by atoms with van der Waals surface area (Å²) in [6, 6.07) is 3.25. The van der Waals surface area contributed by atoms with Crippen molar-refractivity contribution < 1.29 is 9.53 Å². The normalized spacial score (nSPS) is 12.1. The third-order valence-electron chi connectivity index (χ3n) is 3.13. The zero-order valence-corrected chi connectivity index (χ0v) is 13.6. The highest BCUT2D eigenvalue weighted by Crippen LogP contribution is 2.18. The van der Waals surface area contributed by atoms with Gasteiger partial charge in [0, 0.05) is 19.9 Å². The number of aromatic nitrogens is 4. The number of pyridine rings is 1. The molecule has 118 valence electrons. The van der Waals surface area contributed by atoms with Gasteiger partial charge in [0.1, 0.15) is 11.4 Å². The zero-order chi connectivity index (χ0) is 15.9. The topological polar surface area (TPSA) is 81.9 Å². The summed E-state index contributed by atoms with van der Waals surface area (Å²) in [5, 5.41) is 11.6. The van der Waals surface area contributed by atoms with E-state index in [9.17, 15) is 4.79 Å². The summed E-state index contributed by atoms with van der Waals surface area (Å²) in [6.45, 7) is 3.08. The third kappa shape index (κ3) is 3.83. The number of amides is 1. The fraction of sp³-hybridized carbons (Fsp3) is 0.429. The molecule has 0 aromatic carbocycles. The molecule has 0 saturated carbocycles. The number of hydrogen-bond donors (Lipinski definition) is 1. The highest BCUT2D eigenvalue weighted by Gasteiger charge is 2.18. The molecule has 7 nitrogen and oxygen atoms in total. The largest absolute Gasteiger partial charge is 0.383 e. The first kappa shape index (κ1) is 16.4. The quantitative estimate of drug-likeness (QED) is 0.779. The molecule has 0 spiro atoms. The number of rotatable bonds is 7. The summed E-state index contributed by atoms with van der Waals surface area (Å²) in [5.41, 5.74) is 0.560. The highest BCUT2D eigenvalue weighted by atomic mass is 32.2. The molecule has 22 heavy (non-hydrogen) atoms. The Morgan fingerprint density at radius 1 is 1.55 bits per heavy atom. The Kier molecular flexibility index (Phi) is 5.91. The van der Waals surface area contributed by atoms with Gasteiger partial charge in [-0.15, -0.1) is 22.0 Å². The average Bonchev–Trinajstić information content (AvgIpc) is 3.01. The summed E-state index contributed by atoms with van der Waals surface area (Å²) >= 11 is 1.44. The Bertz CT molecular complexity index is 631. The lowest BCUT2D eigenvalue weighted by atomic mass is 10.2. The number of hydrogen-bond acceptors (Lipinski definition) is 6. The maximum Gasteiger partial charge on any atom is 0.254 e. The van der Waals surface area contributed by atoms with Crippen molar-refractivity contribution in [3.8, 4) is 0 Å². The standard InChI is InChI=1S/C14H19N5O2S/c1-10(12-18-16-9-19(12)7-8-21-2)17-13(20)11-5-4-6-15-14(11)22-3/h4-6,9-10H,7-8H2,1-3H3,(H,17,20)/t10-/m1/s1. The molecule has 8 heteroatoms. The van der Waals surface area contributed by atoms with Crippen molar-refractivity contribution in [3.05, 3.63) is 36.0 Å². The predicted octanol–water partition coefficient (Wildman–Crippen LogP) is 1.53. The van der Waals surface area contributed by atoms with E-state index in [1.165, 1.54) is 11.8 Å². The van der Waals surface area contributed by atoms with E-state index < -0.39 is 0 Å². The molecule has 1 N–H and O–H groups in total. The second-order valence-corrected chi connectivity index (χ2v) is 5.43. The number of nitrogens with zero attached hydrogens (tertiary/aromatic N) is 4. The van der Waals surface area contributed by atoms with Gasteiger partial charge in [0.25, 0.3) is 5.91 Å². The van der Waals surface area contributed by atoms with Crippen molar-refractivity contribution in [2.45, 2.75) is 24.5 Å². The van der Waals surface area contributed by atoms with Crippen LogP contribution in [-0.4, -0.2) is 45.6 Å². The molecule has 0 radical (unpaired) electrons. The lowest BCUT2D eigenvalue weighted by Crippen LogP contribution is -2.29. The van der Waals surface area contributed by atoms with Gasteiger partial charge in [-0.1, -0.05) is 0 Å². The Morgan fingerprint density at radius 3 is 3.09 bits per heavy atom. The van der Waals surface area contributed by atoms with Gasteiger partial charge in [0.2, 0.25) is 0 Å². The second-order valence-electron chi connectivity index (χ2n) is 4.63. The minimum atomic E-state index is -0.262. The van der Waals surface area contributed by atoms with E-state index in [-0.39, 0.29) is 11.9 Å². The van der Waals surface area contributed by atoms with Crippen LogP contribution in [0.15, 0.2) is 29.7 Å². The van der Waals surface area contributed by atoms with Crippen LogP contribution in [-0.2, 0) is 11.3 Å². The van der Waals surface area contributed by atoms with Crippen molar-refractivity contribution in [2.24, 2.45) is 0 Å². The van der Waals surface area contributed by atoms with Gasteiger partial charge in [-0.3, -0.25) is 4.79 Å². The molecule has 0 bridgehead atoms. The van der Waals surface area contributed by atoms with Gasteiger partial charge in [0.05, 0.1) is 18.2 Å². The maximum atomic E-state index is 12.4. The van der Waals surface area contributed by atoms with Crippen LogP contribution in [0.25, 0.3) is 0 Å². The van der Waals surface area contributed by atoms with Crippen LogP contribution in [0.1, 0.15) is 29.1 Å². The zero-order valence-electron chi connectivity index (χ0n) is 12.8. The van der Waals surface area contributed by atoms with Crippen LogP contribution in [0.2, 0.25) is 0 Å². The summed E-state index contributed by atoms with van der Waals surface area (Å²) in [6.07, 6.45) is 5.20. The first-order valence-corrected chi connectivity index (χ1v) is 8.06. The van der Waals surface area contributed by atoms with Crippen molar-refractivity contribution in [1.82, 2.24) is 25.1 Å². The fourth-order valence-corrected chi connectivity index (χ4v) is 2.57. The van der Waals surface area contributed by atoms with Gasteiger partial charge in [-0.2, -0.15) is 0 Å². The van der Waals surface area contributed by atoms with E-state index in [1.54, 1.807) is 31.8 Å². The summed E-state index contributed by atoms with van der Waals surface area (Å²) in [7, 11) is 1.64. The molecular formula is C14H19N5O2S. The van der Waals surface area contributed by atoms with Crippen molar-refractivity contribution in [1.29, 1.82) is 0 Å². The molecule has 0 fully saturated rings. The van der Waals surface area contributed by atoms with Crippen LogP contribution in [0, 0.1) is 0 Å². The number of thioether (sulfide) groups is 1. The fourth-order valence-electron chi connectivity index (χ4n) is 2.03. The summed E-state index contributed by atoms with van der Waals surface area (Å²) in [5.74, 6) is 0.520. The van der Waals surface area contributed by atoms with Gasteiger partial charge < -0.3 is 14.6 Å². The van der Waals surface area contributed by atoms with E-state index in [2.05, 4.69) is 20.5 Å². The molecule has 0 aliphatic rings. The first-order valence-electron chi connectivity index (χ1n) is 6.84. The van der Waals surface area contributed by atoms with Crippen LogP contribution in [0.3, 0.4) is 0 Å². The van der Waals surface area contributed by atoms with Gasteiger partial charge in [-0.25, -0.2) is 4.98 Å². The number of ether oxygens (including phenoxy) is 1. The van der Waals surface area contributed by atoms with Crippen molar-refractivity contribution >= 4 is 17.7 Å². The monoisotopic (exact) mass is 321 g/mol. The number of carbonyl (C=O) groups is 1. The van der Waals surface area contributed by atoms with Crippen LogP contribution >= 0.6 is 11.8 Å². The number of methoxy groups -OCH3 is 1. The molecule has 0 aliphatic carbocycles. The van der Waals surface area contributed by atoms with Crippen molar-refractivity contribution in [2.75, 3.05) is 20.0 Å². The molecule has 1 amide bonds. The molecule has 2 aromatic rings. The molecule has 2 rings (SSSR count). The Morgan fingerprint density at radius 2 is 2.36 bits per heavy atom. The van der Waals surface area contributed by atoms with E-state index in [1.807, 2.05) is 17.7 Å². The molecule has 0 unspecified atom stereocenters. The molecular weight excluding hydrogens is 302 g/mol. The number of nitrogens with one attached hydrogen (secondary N) is 1. The highest BCUT2D eigenvalue weighted by molar-refractivity contribution is 7.98. The smallest absolute Gasteiger partial charge is 0.254 e. The van der Waals surface area contributed by atoms with E-state index in [4.69, 9.17) is 4.74 Å². The van der Waals surface area contributed by atoms with Gasteiger partial charge >= 0.3 is 0 Å². The minimum absolute atomic E-state index is 0.175. The molecule has 0 aliphatic heterocycles. The van der Waals surface area contributed by atoms with Crippen LogP contribution in [0.4, 0.5) is 0 Å². The molecule has 1 atom stereocenters. The van der Waals surface area contributed by atoms with Gasteiger partial charge in [-0.05, 0) is 25.3 Å². The number of carbonyl (C=O) groups excluding carboxylic acids is 1. The summed E-state index contributed by atoms with van der Waals surface area (Å²) < 4.78 is 6.92. The maximum absolute atomic E-state index is 12.4. The summed E-state index contributed by atoms with van der Waals surface area (Å²) in [4.78, 5) is 16.6. The van der Waals surface area contributed by atoms with E-state index >= 15 is 0 Å². The predicted molar refractivity (Wildman–Crippen MR) is 83.8 cm³/mol. The molecule has 2 aromatic heterocycles. The SMILES string of the molecule is COCCn1cnnc1[C@@H](C)NC(=O)c1cccnc1SC. The second kappa shape index (κ2) is 7.90. The van der Waals surface area contributed by atoms with E-state index in [0.717, 1.165) is 0 Å².